The highest BCUT2D eigenvalue weighted by molar-refractivity contribution is 7.98. The van der Waals surface area contributed by atoms with Crippen LogP contribution in [0.4, 0.5) is 11.6 Å². The molecule has 0 atom stereocenters. The molecule has 0 spiro atoms. The van der Waals surface area contributed by atoms with Crippen LogP contribution < -0.4 is 4.90 Å². The number of benzene rings is 1. The van der Waals surface area contributed by atoms with E-state index in [-0.39, 0.29) is 5.69 Å². The maximum absolute atomic E-state index is 10.8. The summed E-state index contributed by atoms with van der Waals surface area (Å²) in [6, 6.07) is 9.84. The van der Waals surface area contributed by atoms with Crippen molar-refractivity contribution in [3.05, 3.63) is 64.4 Å². The van der Waals surface area contributed by atoms with Gasteiger partial charge in [0.25, 0.3) is 5.69 Å². The lowest BCUT2D eigenvalue weighted by molar-refractivity contribution is -0.384. The van der Waals surface area contributed by atoms with Gasteiger partial charge in [-0.3, -0.25) is 14.7 Å². The Morgan fingerprint density at radius 1 is 1.18 bits per heavy atom. The number of furan rings is 1. The first-order chi connectivity index (χ1) is 16.6. The summed E-state index contributed by atoms with van der Waals surface area (Å²) in [5, 5.41) is 24.5. The van der Waals surface area contributed by atoms with Gasteiger partial charge < -0.3 is 13.8 Å². The fourth-order valence-electron chi connectivity index (χ4n) is 3.82. The second kappa shape index (κ2) is 9.67. The highest BCUT2D eigenvalue weighted by atomic mass is 32.2. The van der Waals surface area contributed by atoms with Gasteiger partial charge in [-0.05, 0) is 43.0 Å². The van der Waals surface area contributed by atoms with Crippen molar-refractivity contribution in [2.45, 2.75) is 37.2 Å². The molecule has 3 aromatic heterocycles. The lowest BCUT2D eigenvalue weighted by Crippen LogP contribution is -2.35. The van der Waals surface area contributed by atoms with Crippen LogP contribution >= 0.6 is 11.8 Å². The van der Waals surface area contributed by atoms with E-state index in [0.717, 1.165) is 42.8 Å². The minimum Gasteiger partial charge on any atom is -0.467 e. The summed E-state index contributed by atoms with van der Waals surface area (Å²) in [6.45, 7) is 4.71. The van der Waals surface area contributed by atoms with E-state index in [1.54, 1.807) is 18.4 Å². The van der Waals surface area contributed by atoms with Crippen LogP contribution in [0, 0.1) is 16.0 Å². The SMILES string of the molecule is CC1CCN(c2nnc(SCc3nc(-c4ccc([N+](=O)[O-])cc4)no3)n2Cc2ccco2)CC1. The molecule has 1 aliphatic heterocycles. The van der Waals surface area contributed by atoms with Crippen molar-refractivity contribution in [3.8, 4) is 11.4 Å². The molecule has 12 heteroatoms. The molecule has 11 nitrogen and oxygen atoms in total. The van der Waals surface area contributed by atoms with Gasteiger partial charge in [0, 0.05) is 30.8 Å². The van der Waals surface area contributed by atoms with Gasteiger partial charge in [0.2, 0.25) is 17.7 Å². The van der Waals surface area contributed by atoms with Crippen molar-refractivity contribution in [1.82, 2.24) is 24.9 Å². The summed E-state index contributed by atoms with van der Waals surface area (Å²) in [5.41, 5.74) is 0.658. The molecule has 0 saturated carbocycles. The van der Waals surface area contributed by atoms with Crippen LogP contribution in [0.25, 0.3) is 11.4 Å². The quantitative estimate of drug-likeness (QED) is 0.203. The zero-order chi connectivity index (χ0) is 23.5. The molecule has 34 heavy (non-hydrogen) atoms. The van der Waals surface area contributed by atoms with Gasteiger partial charge in [-0.15, -0.1) is 10.2 Å². The Hall–Kier alpha value is -3.67. The van der Waals surface area contributed by atoms with Crippen LogP contribution in [0.15, 0.2) is 56.8 Å². The largest absolute Gasteiger partial charge is 0.467 e. The molecular formula is C22H23N7O4S. The van der Waals surface area contributed by atoms with E-state index in [9.17, 15) is 10.1 Å². The van der Waals surface area contributed by atoms with Gasteiger partial charge in [-0.1, -0.05) is 23.8 Å². The zero-order valence-corrected chi connectivity index (χ0v) is 19.3. The number of nitro benzene ring substituents is 1. The summed E-state index contributed by atoms with van der Waals surface area (Å²) in [5.74, 6) is 3.60. The molecule has 1 aromatic carbocycles. The van der Waals surface area contributed by atoms with Crippen molar-refractivity contribution in [1.29, 1.82) is 0 Å². The lowest BCUT2D eigenvalue weighted by Gasteiger charge is -2.31. The van der Waals surface area contributed by atoms with Gasteiger partial charge in [-0.25, -0.2) is 0 Å². The molecule has 0 bridgehead atoms. The van der Waals surface area contributed by atoms with E-state index < -0.39 is 4.92 Å². The summed E-state index contributed by atoms with van der Waals surface area (Å²) in [6.07, 6.45) is 3.92. The number of hydrogen-bond donors (Lipinski definition) is 0. The van der Waals surface area contributed by atoms with E-state index in [2.05, 4.69) is 36.7 Å². The molecule has 4 heterocycles. The van der Waals surface area contributed by atoms with Crippen LogP contribution in [-0.4, -0.2) is 42.9 Å². The van der Waals surface area contributed by atoms with Crippen LogP contribution in [0.1, 0.15) is 31.4 Å². The van der Waals surface area contributed by atoms with E-state index in [1.165, 1.54) is 23.9 Å². The van der Waals surface area contributed by atoms with Crippen LogP contribution in [0.5, 0.6) is 0 Å². The molecule has 1 aliphatic rings. The molecule has 4 aromatic rings. The number of nitrogens with zero attached hydrogens (tertiary/aromatic N) is 7. The maximum Gasteiger partial charge on any atom is 0.269 e. The van der Waals surface area contributed by atoms with Gasteiger partial charge >= 0.3 is 0 Å². The highest BCUT2D eigenvalue weighted by Gasteiger charge is 2.24. The molecule has 1 saturated heterocycles. The van der Waals surface area contributed by atoms with E-state index >= 15 is 0 Å². The molecule has 0 unspecified atom stereocenters. The lowest BCUT2D eigenvalue weighted by atomic mass is 10.00. The fourth-order valence-corrected chi connectivity index (χ4v) is 4.59. The highest BCUT2D eigenvalue weighted by Crippen LogP contribution is 2.29. The Kier molecular flexibility index (Phi) is 6.30. The number of thioether (sulfide) groups is 1. The van der Waals surface area contributed by atoms with Crippen molar-refractivity contribution in [2.24, 2.45) is 5.92 Å². The van der Waals surface area contributed by atoms with Gasteiger partial charge in [0.05, 0.1) is 23.5 Å². The first-order valence-electron chi connectivity index (χ1n) is 11.0. The molecule has 0 radical (unpaired) electrons. The molecular weight excluding hydrogens is 458 g/mol. The Morgan fingerprint density at radius 2 is 1.97 bits per heavy atom. The minimum atomic E-state index is -0.445. The molecule has 176 valence electrons. The third kappa shape index (κ3) is 4.81. The van der Waals surface area contributed by atoms with Crippen LogP contribution in [0.2, 0.25) is 0 Å². The Bertz CT molecular complexity index is 1240. The number of anilines is 1. The molecule has 0 amide bonds. The number of piperidine rings is 1. The van der Waals surface area contributed by atoms with Gasteiger partial charge in [-0.2, -0.15) is 4.98 Å². The average Bonchev–Trinajstić information content (AvgIpc) is 3.61. The normalized spacial score (nSPS) is 14.6. The Labute approximate surface area is 199 Å². The van der Waals surface area contributed by atoms with Crippen molar-refractivity contribution in [3.63, 3.8) is 0 Å². The van der Waals surface area contributed by atoms with Crippen molar-refractivity contribution < 1.29 is 13.9 Å². The molecule has 5 rings (SSSR count). The topological polar surface area (TPSA) is 129 Å². The van der Waals surface area contributed by atoms with Crippen LogP contribution in [0.3, 0.4) is 0 Å². The first kappa shape index (κ1) is 22.1. The molecule has 1 fully saturated rings. The smallest absolute Gasteiger partial charge is 0.269 e. The predicted molar refractivity (Wildman–Crippen MR) is 124 cm³/mol. The summed E-state index contributed by atoms with van der Waals surface area (Å²) >= 11 is 1.46. The third-order valence-electron chi connectivity index (χ3n) is 5.79. The molecule has 0 aliphatic carbocycles. The van der Waals surface area contributed by atoms with E-state index in [4.69, 9.17) is 8.94 Å². The van der Waals surface area contributed by atoms with Gasteiger partial charge in [0.15, 0.2) is 5.16 Å². The van der Waals surface area contributed by atoms with Crippen LogP contribution in [-0.2, 0) is 12.3 Å². The Morgan fingerprint density at radius 3 is 2.68 bits per heavy atom. The summed E-state index contributed by atoms with van der Waals surface area (Å²) in [4.78, 5) is 17.1. The number of nitro groups is 1. The second-order valence-electron chi connectivity index (χ2n) is 8.22. The second-order valence-corrected chi connectivity index (χ2v) is 9.16. The monoisotopic (exact) mass is 481 g/mol. The van der Waals surface area contributed by atoms with Gasteiger partial charge in [0.1, 0.15) is 5.76 Å². The first-order valence-corrected chi connectivity index (χ1v) is 12.0. The number of aromatic nitrogens is 5. The van der Waals surface area contributed by atoms with Crippen molar-refractivity contribution >= 4 is 23.4 Å². The fraction of sp³-hybridized carbons (Fsp3) is 0.364. The number of non-ortho nitro benzene ring substituents is 1. The Balaban J connectivity index is 1.32. The maximum atomic E-state index is 10.8. The zero-order valence-electron chi connectivity index (χ0n) is 18.5. The van der Waals surface area contributed by atoms with Crippen molar-refractivity contribution in [2.75, 3.05) is 18.0 Å². The predicted octanol–water partition coefficient (Wildman–Crippen LogP) is 4.41. The van der Waals surface area contributed by atoms with E-state index in [1.807, 2.05) is 12.1 Å². The standard InChI is InChI=1S/C22H23N7O4S/c1-15-8-10-27(11-9-15)21-24-25-22(28(21)13-18-3-2-12-32-18)34-14-19-23-20(26-33-19)16-4-6-17(7-5-16)29(30)31/h2-7,12,15H,8-11,13-14H2,1H3. The third-order valence-corrected chi connectivity index (χ3v) is 6.74. The average molecular weight is 482 g/mol. The minimum absolute atomic E-state index is 0.0119. The summed E-state index contributed by atoms with van der Waals surface area (Å²) < 4.78 is 13.0. The number of rotatable bonds is 8. The molecule has 0 N–H and O–H groups in total. The number of hydrogen-bond acceptors (Lipinski definition) is 10. The summed E-state index contributed by atoms with van der Waals surface area (Å²) in [7, 11) is 0. The van der Waals surface area contributed by atoms with E-state index in [0.29, 0.717) is 35.5 Å².